The molecule has 68 heavy (non-hydrogen) atoms. The highest BCUT2D eigenvalue weighted by molar-refractivity contribution is 9.14. The van der Waals surface area contributed by atoms with Gasteiger partial charge in [0.25, 0.3) is 0 Å². The van der Waals surface area contributed by atoms with Crippen LogP contribution in [-0.4, -0.2) is 130 Å². The van der Waals surface area contributed by atoms with Gasteiger partial charge in [-0.2, -0.15) is 0 Å². The zero-order valence-corrected chi connectivity index (χ0v) is 45.1. The van der Waals surface area contributed by atoms with Crippen LogP contribution in [0.3, 0.4) is 0 Å². The fourth-order valence-corrected chi connectivity index (χ4v) is 19.6. The van der Waals surface area contributed by atoms with E-state index in [9.17, 15) is 38.7 Å². The number of rotatable bonds is 46. The minimum absolute atomic E-state index is 0.00206. The highest BCUT2D eigenvalue weighted by Gasteiger charge is 2.50. The summed E-state index contributed by atoms with van der Waals surface area (Å²) in [6.07, 6.45) is 18.8. The molecule has 0 bridgehead atoms. The molecule has 0 aromatic heterocycles. The molecule has 394 valence electrons. The molecule has 16 nitrogen and oxygen atoms in total. The number of carbonyl (C=O) groups excluding carboxylic acids is 4. The Morgan fingerprint density at radius 3 is 1.54 bits per heavy atom. The highest BCUT2D eigenvalue weighted by Crippen LogP contribution is 2.83. The molecule has 2 aliphatic heterocycles. The van der Waals surface area contributed by atoms with Crippen molar-refractivity contribution in [3.05, 3.63) is 0 Å². The van der Waals surface area contributed by atoms with Gasteiger partial charge in [0.15, 0.2) is 8.53 Å². The SMILES string of the molecule is C1SSC2(SS1)SS2.C[C@@H](CCCCNC(=O)COCCOCCCC(=O)COCCOCCNC(=O)CC[C@H](CC(=O)CCCCCCCCCCCCCCCCC(=O)O)C(=O)O)C(=O)O. The van der Waals surface area contributed by atoms with Crippen LogP contribution in [0.2, 0.25) is 0 Å². The second-order valence-corrected chi connectivity index (χ2v) is 26.2. The van der Waals surface area contributed by atoms with Crippen molar-refractivity contribution >= 4 is 106 Å². The van der Waals surface area contributed by atoms with Crippen LogP contribution < -0.4 is 10.6 Å². The zero-order chi connectivity index (χ0) is 49.9. The third kappa shape index (κ3) is 41.3. The lowest BCUT2D eigenvalue weighted by molar-refractivity contribution is -0.144. The average molecular weight is 1080 g/mol. The Kier molecular flexibility index (Phi) is 42.2. The number of aliphatic carboxylic acids is 3. The van der Waals surface area contributed by atoms with Crippen LogP contribution in [0, 0.1) is 11.8 Å². The summed E-state index contributed by atoms with van der Waals surface area (Å²) < 4.78 is 22.0. The third-order valence-electron chi connectivity index (χ3n) is 10.6. The second-order valence-electron chi connectivity index (χ2n) is 16.8. The van der Waals surface area contributed by atoms with Gasteiger partial charge in [0.1, 0.15) is 19.0 Å². The molecule has 0 aromatic rings. The lowest BCUT2D eigenvalue weighted by Crippen LogP contribution is -2.29. The molecular weight excluding hydrogens is 997 g/mol. The largest absolute Gasteiger partial charge is 0.481 e. The maximum Gasteiger partial charge on any atom is 0.306 e. The molecule has 1 spiro atoms. The first-order valence-electron chi connectivity index (χ1n) is 24.4. The van der Waals surface area contributed by atoms with Crippen LogP contribution in [0.15, 0.2) is 0 Å². The topological polar surface area (TPSA) is 241 Å². The number of hydrogen-bond donors (Lipinski definition) is 5. The fourth-order valence-electron chi connectivity index (χ4n) is 6.59. The predicted molar refractivity (Wildman–Crippen MR) is 279 cm³/mol. The number of ether oxygens (including phenoxy) is 4. The maximum absolute atomic E-state index is 12.4. The van der Waals surface area contributed by atoms with E-state index in [1.807, 2.05) is 64.8 Å². The van der Waals surface area contributed by atoms with Crippen LogP contribution >= 0.6 is 64.8 Å². The minimum atomic E-state index is -1.07. The summed E-state index contributed by atoms with van der Waals surface area (Å²) in [5.74, 6) is -4.58. The molecule has 22 heteroatoms. The van der Waals surface area contributed by atoms with E-state index >= 15 is 0 Å². The Morgan fingerprint density at radius 2 is 1.00 bits per heavy atom. The summed E-state index contributed by atoms with van der Waals surface area (Å²) in [6.45, 7) is 3.81. The number of carboxylic acid groups (broad SMARTS) is 3. The molecule has 0 unspecified atom stereocenters. The number of ketones is 2. The van der Waals surface area contributed by atoms with Gasteiger partial charge in [0, 0.05) is 51.8 Å². The summed E-state index contributed by atoms with van der Waals surface area (Å²) in [4.78, 5) is 81.4. The second kappa shape index (κ2) is 44.3. The molecule has 2 fully saturated rings. The third-order valence-corrected chi connectivity index (χ3v) is 23.6. The first-order chi connectivity index (χ1) is 32.8. The van der Waals surface area contributed by atoms with E-state index in [1.54, 1.807) is 6.92 Å². The van der Waals surface area contributed by atoms with Gasteiger partial charge in [-0.05, 0) is 60.1 Å². The molecule has 0 aliphatic carbocycles. The smallest absolute Gasteiger partial charge is 0.306 e. The van der Waals surface area contributed by atoms with Gasteiger partial charge in [-0.1, -0.05) is 134 Å². The number of carbonyl (C=O) groups is 7. The van der Waals surface area contributed by atoms with Gasteiger partial charge in [0.05, 0.1) is 50.0 Å². The Bertz CT molecular complexity index is 1390. The van der Waals surface area contributed by atoms with Crippen LogP contribution in [-0.2, 0) is 52.5 Å². The first kappa shape index (κ1) is 64.6. The van der Waals surface area contributed by atoms with Crippen molar-refractivity contribution in [2.24, 2.45) is 11.8 Å². The molecule has 0 radical (unpaired) electrons. The lowest BCUT2D eigenvalue weighted by atomic mass is 9.94. The van der Waals surface area contributed by atoms with Gasteiger partial charge < -0.3 is 44.9 Å². The molecular formula is C46H80N2O14S6. The van der Waals surface area contributed by atoms with Crippen molar-refractivity contribution in [2.75, 3.05) is 71.0 Å². The Hall–Kier alpha value is -1.37. The molecule has 2 amide bonds. The van der Waals surface area contributed by atoms with Crippen molar-refractivity contribution in [1.29, 1.82) is 0 Å². The van der Waals surface area contributed by atoms with Crippen molar-refractivity contribution in [3.8, 4) is 0 Å². The van der Waals surface area contributed by atoms with Gasteiger partial charge >= 0.3 is 17.9 Å². The van der Waals surface area contributed by atoms with Crippen molar-refractivity contribution < 1.29 is 67.8 Å². The van der Waals surface area contributed by atoms with E-state index in [2.05, 4.69) is 10.6 Å². The number of nitrogens with one attached hydrogen (secondary N) is 2. The minimum Gasteiger partial charge on any atom is -0.481 e. The van der Waals surface area contributed by atoms with Crippen molar-refractivity contribution in [3.63, 3.8) is 0 Å². The zero-order valence-electron chi connectivity index (χ0n) is 40.2. The molecule has 2 aliphatic rings. The van der Waals surface area contributed by atoms with Gasteiger partial charge in [-0.15, -0.1) is 0 Å². The summed E-state index contributed by atoms with van der Waals surface area (Å²) in [5, 5.41) is 33.7. The number of unbranched alkanes of at least 4 members (excludes halogenated alkanes) is 14. The summed E-state index contributed by atoms with van der Waals surface area (Å²) in [7, 11) is 12.0. The van der Waals surface area contributed by atoms with Crippen LogP contribution in [0.5, 0.6) is 0 Å². The number of carboxylic acids is 3. The van der Waals surface area contributed by atoms with E-state index < -0.39 is 29.7 Å². The van der Waals surface area contributed by atoms with E-state index in [-0.39, 0.29) is 95.3 Å². The first-order valence-corrected chi connectivity index (χ1v) is 31.2. The quantitative estimate of drug-likeness (QED) is 0.0216. The fraction of sp³-hybridized carbons (Fsp3) is 0.848. The Labute approximate surface area is 428 Å². The highest BCUT2D eigenvalue weighted by atomic mass is 33.2. The summed E-state index contributed by atoms with van der Waals surface area (Å²) >= 11 is 0. The summed E-state index contributed by atoms with van der Waals surface area (Å²) in [5.41, 5.74) is 0. The van der Waals surface area contributed by atoms with E-state index in [0.717, 1.165) is 51.4 Å². The Morgan fingerprint density at radius 1 is 0.485 bits per heavy atom. The van der Waals surface area contributed by atoms with Gasteiger partial charge in [0.2, 0.25) is 11.8 Å². The molecule has 2 rings (SSSR count). The van der Waals surface area contributed by atoms with E-state index in [4.69, 9.17) is 29.2 Å². The van der Waals surface area contributed by atoms with Crippen molar-refractivity contribution in [2.45, 2.75) is 164 Å². The predicted octanol–water partition coefficient (Wildman–Crippen LogP) is 10.0. The number of Topliss-reactive ketones (excluding diaryl/α,β-unsaturated/α-hetero) is 2. The lowest BCUT2D eigenvalue weighted by Gasteiger charge is -2.13. The average Bonchev–Trinajstić information content (AvgIpc) is 4.06. The monoisotopic (exact) mass is 1080 g/mol. The maximum atomic E-state index is 12.4. The van der Waals surface area contributed by atoms with E-state index in [1.165, 1.54) is 50.0 Å². The molecule has 5 N–H and O–H groups in total. The molecule has 2 atom stereocenters. The van der Waals surface area contributed by atoms with Crippen LogP contribution in [0.25, 0.3) is 0 Å². The normalized spacial score (nSPS) is 14.6. The van der Waals surface area contributed by atoms with E-state index in [0.29, 0.717) is 54.6 Å². The molecule has 0 aromatic carbocycles. The number of amides is 2. The molecule has 0 saturated carbocycles. The molecule has 2 heterocycles. The standard InChI is InChI=1S/C44H78N2O14.C2H2S6/c1-36(43(53)54)19-16-17-25-45-41(50)35-60-32-29-57-27-18-21-39(48)34-59-31-30-58-28-26-46-40(49)24-23-37(44(55)56)33-38(47)20-14-12-10-8-6-4-2-3-5-7-9-11-13-15-22-42(51)52;1-3-5-2(6-4-1)7-8-2/h36-37H,2-35H2,1H3,(H,45,50)(H,46,49)(H,51,52)(H,53,54)(H,55,56);1H2/t36-,37+;/m0./s1. The summed E-state index contributed by atoms with van der Waals surface area (Å²) in [6, 6.07) is 0. The van der Waals surface area contributed by atoms with Gasteiger partial charge in [-0.25, -0.2) is 0 Å². The van der Waals surface area contributed by atoms with Crippen molar-refractivity contribution in [1.82, 2.24) is 10.6 Å². The van der Waals surface area contributed by atoms with Crippen LogP contribution in [0.4, 0.5) is 0 Å². The van der Waals surface area contributed by atoms with Crippen LogP contribution in [0.1, 0.15) is 161 Å². The molecule has 2 saturated heterocycles. The van der Waals surface area contributed by atoms with Gasteiger partial charge in [-0.3, -0.25) is 33.6 Å². The number of hydrogen-bond acceptors (Lipinski definition) is 17. The Balaban J connectivity index is 0.00000256.